The molecule has 2 N–H and O–H groups in total. The molecule has 0 fully saturated rings. The van der Waals surface area contributed by atoms with E-state index < -0.39 is 0 Å². The molecule has 0 aliphatic carbocycles. The minimum absolute atomic E-state index is 0.0953. The maximum atomic E-state index is 12.3. The SMILES string of the molecule is COc1ccc(NC(=O)c2nnc(COCC(=O)NCCc3ccc(Cl)cc3)s2)cc1. The molecule has 0 aliphatic heterocycles. The van der Waals surface area contributed by atoms with E-state index in [-0.39, 0.29) is 30.0 Å². The Hall–Kier alpha value is -3.01. The van der Waals surface area contributed by atoms with Gasteiger partial charge in [-0.3, -0.25) is 9.59 Å². The number of anilines is 1. The zero-order valence-corrected chi connectivity index (χ0v) is 18.3. The average Bonchev–Trinajstić information content (AvgIpc) is 3.25. The van der Waals surface area contributed by atoms with Gasteiger partial charge in [-0.2, -0.15) is 0 Å². The number of amides is 2. The minimum atomic E-state index is -0.367. The number of rotatable bonds is 10. The highest BCUT2D eigenvalue weighted by molar-refractivity contribution is 7.13. The largest absolute Gasteiger partial charge is 0.497 e. The van der Waals surface area contributed by atoms with E-state index in [1.54, 1.807) is 31.4 Å². The molecule has 2 aromatic carbocycles. The Morgan fingerprint density at radius 1 is 1.06 bits per heavy atom. The lowest BCUT2D eigenvalue weighted by Crippen LogP contribution is -2.29. The van der Waals surface area contributed by atoms with Crippen molar-refractivity contribution < 1.29 is 19.1 Å². The summed E-state index contributed by atoms with van der Waals surface area (Å²) in [6.45, 7) is 0.490. The van der Waals surface area contributed by atoms with Gasteiger partial charge in [-0.05, 0) is 48.4 Å². The number of methoxy groups -OCH3 is 1. The fraction of sp³-hybridized carbons (Fsp3) is 0.238. The van der Waals surface area contributed by atoms with Crippen molar-refractivity contribution in [3.8, 4) is 5.75 Å². The van der Waals surface area contributed by atoms with Crippen molar-refractivity contribution in [2.75, 3.05) is 25.6 Å². The monoisotopic (exact) mass is 460 g/mol. The van der Waals surface area contributed by atoms with Crippen molar-refractivity contribution >= 4 is 40.4 Å². The molecule has 0 atom stereocenters. The Morgan fingerprint density at radius 2 is 1.81 bits per heavy atom. The lowest BCUT2D eigenvalue weighted by molar-refractivity contribution is -0.126. The Balaban J connectivity index is 1.36. The summed E-state index contributed by atoms with van der Waals surface area (Å²) in [6, 6.07) is 14.4. The number of benzene rings is 2. The summed E-state index contributed by atoms with van der Waals surface area (Å²) in [6.07, 6.45) is 0.700. The molecule has 162 valence electrons. The van der Waals surface area contributed by atoms with E-state index in [4.69, 9.17) is 21.1 Å². The Morgan fingerprint density at radius 3 is 2.52 bits per heavy atom. The molecule has 0 bridgehead atoms. The van der Waals surface area contributed by atoms with Crippen LogP contribution in [0.25, 0.3) is 0 Å². The first-order chi connectivity index (χ1) is 15.0. The van der Waals surface area contributed by atoms with Gasteiger partial charge in [0.25, 0.3) is 5.91 Å². The molecule has 0 unspecified atom stereocenters. The molecule has 31 heavy (non-hydrogen) atoms. The quantitative estimate of drug-likeness (QED) is 0.481. The summed E-state index contributed by atoms with van der Waals surface area (Å²) >= 11 is 6.96. The highest BCUT2D eigenvalue weighted by atomic mass is 35.5. The number of aromatic nitrogens is 2. The van der Waals surface area contributed by atoms with Gasteiger partial charge in [-0.1, -0.05) is 35.1 Å². The maximum absolute atomic E-state index is 12.3. The third kappa shape index (κ3) is 7.32. The molecule has 0 saturated heterocycles. The smallest absolute Gasteiger partial charge is 0.286 e. The number of carbonyl (C=O) groups excluding carboxylic acids is 2. The van der Waals surface area contributed by atoms with Crippen LogP contribution in [0.5, 0.6) is 5.75 Å². The fourth-order valence-electron chi connectivity index (χ4n) is 2.54. The van der Waals surface area contributed by atoms with Crippen molar-refractivity contribution in [2.24, 2.45) is 0 Å². The van der Waals surface area contributed by atoms with Gasteiger partial charge in [-0.15, -0.1) is 10.2 Å². The first-order valence-corrected chi connectivity index (χ1v) is 10.6. The fourth-order valence-corrected chi connectivity index (χ4v) is 3.34. The van der Waals surface area contributed by atoms with Crippen LogP contribution in [0.4, 0.5) is 5.69 Å². The van der Waals surface area contributed by atoms with Gasteiger partial charge in [-0.25, -0.2) is 0 Å². The second-order valence-corrected chi connectivity index (χ2v) is 7.90. The minimum Gasteiger partial charge on any atom is -0.497 e. The maximum Gasteiger partial charge on any atom is 0.286 e. The average molecular weight is 461 g/mol. The summed E-state index contributed by atoms with van der Waals surface area (Å²) in [4.78, 5) is 24.1. The summed E-state index contributed by atoms with van der Waals surface area (Å²) in [5, 5.41) is 14.7. The normalized spacial score (nSPS) is 10.5. The molecule has 8 nitrogen and oxygen atoms in total. The Labute approximate surface area is 188 Å². The highest BCUT2D eigenvalue weighted by Crippen LogP contribution is 2.17. The second kappa shape index (κ2) is 11.4. The number of hydrogen-bond acceptors (Lipinski definition) is 7. The predicted octanol–water partition coefficient (Wildman–Crippen LogP) is 3.33. The van der Waals surface area contributed by atoms with E-state index >= 15 is 0 Å². The van der Waals surface area contributed by atoms with E-state index in [1.165, 1.54) is 0 Å². The summed E-state index contributed by atoms with van der Waals surface area (Å²) in [5.41, 5.74) is 1.70. The van der Waals surface area contributed by atoms with Crippen LogP contribution in [0.1, 0.15) is 20.4 Å². The first-order valence-electron chi connectivity index (χ1n) is 9.40. The standard InChI is InChI=1S/C21H21ClN4O4S/c1-29-17-8-6-16(7-9-17)24-20(28)21-26-25-19(31-21)13-30-12-18(27)23-11-10-14-2-4-15(22)5-3-14/h2-9H,10-13H2,1H3,(H,23,27)(H,24,28). The van der Waals surface area contributed by atoms with E-state index in [1.807, 2.05) is 24.3 Å². The van der Waals surface area contributed by atoms with Crippen LogP contribution in [0.15, 0.2) is 48.5 Å². The summed E-state index contributed by atoms with van der Waals surface area (Å²) in [5.74, 6) is 0.104. The van der Waals surface area contributed by atoms with Crippen molar-refractivity contribution in [1.29, 1.82) is 0 Å². The molecular formula is C21H21ClN4O4S. The predicted molar refractivity (Wildman–Crippen MR) is 119 cm³/mol. The number of ether oxygens (including phenoxy) is 2. The van der Waals surface area contributed by atoms with Crippen LogP contribution in [0, 0.1) is 0 Å². The van der Waals surface area contributed by atoms with Crippen LogP contribution in [-0.4, -0.2) is 42.3 Å². The van der Waals surface area contributed by atoms with Crippen molar-refractivity contribution in [2.45, 2.75) is 13.0 Å². The molecule has 10 heteroatoms. The van der Waals surface area contributed by atoms with Crippen LogP contribution in [-0.2, 0) is 22.6 Å². The molecule has 0 spiro atoms. The molecule has 0 saturated carbocycles. The number of carbonyl (C=O) groups is 2. The summed E-state index contributed by atoms with van der Waals surface area (Å²) < 4.78 is 10.5. The summed E-state index contributed by atoms with van der Waals surface area (Å²) in [7, 11) is 1.57. The molecular weight excluding hydrogens is 440 g/mol. The Kier molecular flexibility index (Phi) is 8.34. The van der Waals surface area contributed by atoms with E-state index in [9.17, 15) is 9.59 Å². The Bertz CT molecular complexity index is 1010. The number of hydrogen-bond donors (Lipinski definition) is 2. The molecule has 3 aromatic rings. The van der Waals surface area contributed by atoms with E-state index in [2.05, 4.69) is 20.8 Å². The number of halogens is 1. The van der Waals surface area contributed by atoms with E-state index in [0.29, 0.717) is 34.4 Å². The van der Waals surface area contributed by atoms with Crippen molar-refractivity contribution in [3.05, 3.63) is 69.1 Å². The van der Waals surface area contributed by atoms with Gasteiger partial charge in [0.1, 0.15) is 24.0 Å². The van der Waals surface area contributed by atoms with Crippen LogP contribution < -0.4 is 15.4 Å². The molecule has 0 radical (unpaired) electrons. The lowest BCUT2D eigenvalue weighted by Gasteiger charge is -2.05. The number of nitrogens with zero attached hydrogens (tertiary/aromatic N) is 2. The number of nitrogens with one attached hydrogen (secondary N) is 2. The van der Waals surface area contributed by atoms with Crippen LogP contribution in [0.2, 0.25) is 5.02 Å². The van der Waals surface area contributed by atoms with Crippen molar-refractivity contribution in [3.63, 3.8) is 0 Å². The molecule has 2 amide bonds. The van der Waals surface area contributed by atoms with E-state index in [0.717, 1.165) is 16.9 Å². The van der Waals surface area contributed by atoms with Gasteiger partial charge >= 0.3 is 0 Å². The van der Waals surface area contributed by atoms with Gasteiger partial charge in [0, 0.05) is 17.3 Å². The second-order valence-electron chi connectivity index (χ2n) is 6.40. The third-order valence-electron chi connectivity index (χ3n) is 4.12. The third-order valence-corrected chi connectivity index (χ3v) is 5.26. The van der Waals surface area contributed by atoms with Gasteiger partial charge < -0.3 is 20.1 Å². The molecule has 1 heterocycles. The highest BCUT2D eigenvalue weighted by Gasteiger charge is 2.14. The lowest BCUT2D eigenvalue weighted by atomic mass is 10.1. The van der Waals surface area contributed by atoms with Crippen LogP contribution >= 0.6 is 22.9 Å². The van der Waals surface area contributed by atoms with Crippen LogP contribution in [0.3, 0.4) is 0 Å². The van der Waals surface area contributed by atoms with Crippen molar-refractivity contribution in [1.82, 2.24) is 15.5 Å². The van der Waals surface area contributed by atoms with Gasteiger partial charge in [0.15, 0.2) is 0 Å². The molecule has 0 aliphatic rings. The zero-order chi connectivity index (χ0) is 22.1. The molecule has 3 rings (SSSR count). The topological polar surface area (TPSA) is 102 Å². The first kappa shape index (κ1) is 22.7. The molecule has 1 aromatic heterocycles. The zero-order valence-electron chi connectivity index (χ0n) is 16.8. The van der Waals surface area contributed by atoms with Gasteiger partial charge in [0.2, 0.25) is 10.9 Å². The van der Waals surface area contributed by atoms with Gasteiger partial charge in [0.05, 0.1) is 7.11 Å².